The van der Waals surface area contributed by atoms with E-state index >= 15 is 0 Å². The highest BCUT2D eigenvalue weighted by Crippen LogP contribution is 2.16. The van der Waals surface area contributed by atoms with E-state index in [1.54, 1.807) is 31.2 Å². The smallest absolute Gasteiger partial charge is 0.371 e. The Hall–Kier alpha value is -3.28. The maximum atomic E-state index is 12.0. The fourth-order valence-corrected chi connectivity index (χ4v) is 2.59. The van der Waals surface area contributed by atoms with Crippen molar-refractivity contribution in [3.63, 3.8) is 0 Å². The molecule has 0 aliphatic rings. The van der Waals surface area contributed by atoms with Crippen LogP contribution in [0.25, 0.3) is 6.08 Å². The van der Waals surface area contributed by atoms with Crippen molar-refractivity contribution >= 4 is 18.0 Å². The molecule has 0 spiro atoms. The minimum Gasteiger partial charge on any atom is -0.493 e. The van der Waals surface area contributed by atoms with Crippen LogP contribution in [0.15, 0.2) is 54.3 Å². The maximum Gasteiger partial charge on any atom is 0.371 e. The lowest BCUT2D eigenvalue weighted by Crippen LogP contribution is -2.29. The van der Waals surface area contributed by atoms with Crippen molar-refractivity contribution in [1.82, 2.24) is 5.32 Å². The average Bonchev–Trinajstić information content (AvgIpc) is 2.69. The van der Waals surface area contributed by atoms with E-state index in [-0.39, 0.29) is 17.7 Å². The highest BCUT2D eigenvalue weighted by Gasteiger charge is 2.08. The van der Waals surface area contributed by atoms with Crippen molar-refractivity contribution in [2.24, 2.45) is 0 Å². The van der Waals surface area contributed by atoms with Crippen LogP contribution in [0, 0.1) is 0 Å². The molecule has 0 saturated heterocycles. The predicted octanol–water partition coefficient (Wildman–Crippen LogP) is 3.91. The number of ether oxygens (including phenoxy) is 2. The first-order valence-electron chi connectivity index (χ1n) is 9.59. The van der Waals surface area contributed by atoms with E-state index in [2.05, 4.69) is 5.32 Å². The molecule has 2 aromatic rings. The first-order valence-corrected chi connectivity index (χ1v) is 9.59. The van der Waals surface area contributed by atoms with Crippen molar-refractivity contribution in [2.75, 3.05) is 13.2 Å². The van der Waals surface area contributed by atoms with Crippen LogP contribution >= 0.6 is 0 Å². The standard InChI is InChI=1S/C23H27NO5/c1-4-28-21(23(26)27)15-18-7-11-20(12-8-18)29-14-13-17-5-9-19(10-6-17)22(25)24-16(2)3/h5-12,15-16H,4,13-14H2,1-3H3,(H,24,25)(H,26,27)/b21-15-. The molecule has 0 heterocycles. The molecule has 0 saturated carbocycles. The van der Waals surface area contributed by atoms with E-state index in [0.717, 1.165) is 11.1 Å². The highest BCUT2D eigenvalue weighted by atomic mass is 16.5. The molecule has 0 fully saturated rings. The number of carboxylic acid groups (broad SMARTS) is 1. The second-order valence-electron chi connectivity index (χ2n) is 6.74. The van der Waals surface area contributed by atoms with E-state index < -0.39 is 5.97 Å². The van der Waals surface area contributed by atoms with Gasteiger partial charge in [0.1, 0.15) is 5.75 Å². The summed E-state index contributed by atoms with van der Waals surface area (Å²) in [6.45, 7) is 6.38. The molecule has 154 valence electrons. The van der Waals surface area contributed by atoms with Gasteiger partial charge in [0.2, 0.25) is 5.76 Å². The Morgan fingerprint density at radius 2 is 1.72 bits per heavy atom. The van der Waals surface area contributed by atoms with Gasteiger partial charge in [-0.25, -0.2) is 4.79 Å². The molecular weight excluding hydrogens is 370 g/mol. The molecule has 2 N–H and O–H groups in total. The molecule has 0 aromatic heterocycles. The number of carboxylic acids is 1. The molecule has 6 heteroatoms. The summed E-state index contributed by atoms with van der Waals surface area (Å²) in [4.78, 5) is 23.1. The second-order valence-corrected chi connectivity index (χ2v) is 6.74. The van der Waals surface area contributed by atoms with E-state index in [4.69, 9.17) is 14.6 Å². The zero-order chi connectivity index (χ0) is 21.2. The van der Waals surface area contributed by atoms with Gasteiger partial charge in [-0.2, -0.15) is 0 Å². The van der Waals surface area contributed by atoms with Crippen LogP contribution in [0.2, 0.25) is 0 Å². The lowest BCUT2D eigenvalue weighted by Gasteiger charge is -2.09. The second kappa shape index (κ2) is 10.9. The third-order valence-electron chi connectivity index (χ3n) is 3.98. The fourth-order valence-electron chi connectivity index (χ4n) is 2.59. The molecular formula is C23H27NO5. The number of aliphatic carboxylic acids is 1. The van der Waals surface area contributed by atoms with E-state index in [9.17, 15) is 9.59 Å². The predicted molar refractivity (Wildman–Crippen MR) is 112 cm³/mol. The molecule has 1 amide bonds. The van der Waals surface area contributed by atoms with Gasteiger partial charge in [0, 0.05) is 18.0 Å². The largest absolute Gasteiger partial charge is 0.493 e. The van der Waals surface area contributed by atoms with Gasteiger partial charge in [0.05, 0.1) is 13.2 Å². The molecule has 29 heavy (non-hydrogen) atoms. The Morgan fingerprint density at radius 1 is 1.07 bits per heavy atom. The summed E-state index contributed by atoms with van der Waals surface area (Å²) in [7, 11) is 0. The van der Waals surface area contributed by atoms with E-state index in [1.165, 1.54) is 6.08 Å². The number of benzene rings is 2. The van der Waals surface area contributed by atoms with Crippen LogP contribution < -0.4 is 10.1 Å². The third kappa shape index (κ3) is 7.33. The molecule has 0 aliphatic heterocycles. The van der Waals surface area contributed by atoms with E-state index in [0.29, 0.717) is 30.9 Å². The highest BCUT2D eigenvalue weighted by molar-refractivity contribution is 5.94. The number of hydrogen-bond acceptors (Lipinski definition) is 4. The topological polar surface area (TPSA) is 84.9 Å². The molecule has 0 aliphatic carbocycles. The summed E-state index contributed by atoms with van der Waals surface area (Å²) in [5.74, 6) is -0.567. The number of nitrogens with one attached hydrogen (secondary N) is 1. The van der Waals surface area contributed by atoms with Gasteiger partial charge in [-0.05, 0) is 62.2 Å². The first-order chi connectivity index (χ1) is 13.9. The number of carbonyl (C=O) groups is 2. The van der Waals surface area contributed by atoms with Crippen LogP contribution in [0.1, 0.15) is 42.3 Å². The van der Waals surface area contributed by atoms with Gasteiger partial charge in [-0.1, -0.05) is 24.3 Å². The molecule has 0 radical (unpaired) electrons. The van der Waals surface area contributed by atoms with Crippen LogP contribution in [0.4, 0.5) is 0 Å². The number of amides is 1. The van der Waals surface area contributed by atoms with Gasteiger partial charge in [-0.15, -0.1) is 0 Å². The van der Waals surface area contributed by atoms with Crippen LogP contribution in [-0.2, 0) is 16.0 Å². The van der Waals surface area contributed by atoms with Gasteiger partial charge < -0.3 is 19.9 Å². The summed E-state index contributed by atoms with van der Waals surface area (Å²) in [5, 5.41) is 12.0. The summed E-state index contributed by atoms with van der Waals surface area (Å²) in [6.07, 6.45) is 2.19. The van der Waals surface area contributed by atoms with Crippen LogP contribution in [0.3, 0.4) is 0 Å². The summed E-state index contributed by atoms with van der Waals surface area (Å²) in [5.41, 5.74) is 2.44. The Kier molecular flexibility index (Phi) is 8.27. The molecule has 0 bridgehead atoms. The monoisotopic (exact) mass is 397 g/mol. The minimum atomic E-state index is -1.10. The summed E-state index contributed by atoms with van der Waals surface area (Å²) >= 11 is 0. The first kappa shape index (κ1) is 22.0. The number of hydrogen-bond donors (Lipinski definition) is 2. The molecule has 0 atom stereocenters. The Morgan fingerprint density at radius 3 is 2.28 bits per heavy atom. The summed E-state index contributed by atoms with van der Waals surface area (Å²) < 4.78 is 10.8. The average molecular weight is 397 g/mol. The lowest BCUT2D eigenvalue weighted by atomic mass is 10.1. The molecule has 2 rings (SSSR count). The number of carbonyl (C=O) groups excluding carboxylic acids is 1. The molecule has 0 unspecified atom stereocenters. The van der Waals surface area contributed by atoms with Gasteiger partial charge in [0.15, 0.2) is 0 Å². The van der Waals surface area contributed by atoms with Crippen LogP contribution in [-0.4, -0.2) is 36.2 Å². The SMILES string of the molecule is CCO/C(=C\c1ccc(OCCc2ccc(C(=O)NC(C)C)cc2)cc1)C(=O)O. The quantitative estimate of drug-likeness (QED) is 0.469. The van der Waals surface area contributed by atoms with Crippen LogP contribution in [0.5, 0.6) is 5.75 Å². The van der Waals surface area contributed by atoms with Gasteiger partial charge >= 0.3 is 5.97 Å². The Labute approximate surface area is 171 Å². The van der Waals surface area contributed by atoms with Gasteiger partial charge in [0.25, 0.3) is 5.91 Å². The van der Waals surface area contributed by atoms with Crippen molar-refractivity contribution in [3.8, 4) is 5.75 Å². The molecule has 2 aromatic carbocycles. The summed E-state index contributed by atoms with van der Waals surface area (Å²) in [6, 6.07) is 14.7. The third-order valence-corrected chi connectivity index (χ3v) is 3.98. The molecule has 6 nitrogen and oxygen atoms in total. The number of rotatable bonds is 10. The maximum absolute atomic E-state index is 12.0. The van der Waals surface area contributed by atoms with Crippen molar-refractivity contribution in [2.45, 2.75) is 33.2 Å². The Bertz CT molecular complexity index is 839. The lowest BCUT2D eigenvalue weighted by molar-refractivity contribution is -0.136. The fraction of sp³-hybridized carbons (Fsp3) is 0.304. The van der Waals surface area contributed by atoms with Gasteiger partial charge in [-0.3, -0.25) is 4.79 Å². The van der Waals surface area contributed by atoms with E-state index in [1.807, 2.05) is 38.1 Å². The minimum absolute atomic E-state index is 0.0765. The normalized spacial score (nSPS) is 11.2. The van der Waals surface area contributed by atoms with Crippen molar-refractivity contribution in [3.05, 3.63) is 71.0 Å². The zero-order valence-electron chi connectivity index (χ0n) is 17.0. The zero-order valence-corrected chi connectivity index (χ0v) is 17.0. The van der Waals surface area contributed by atoms with Crippen molar-refractivity contribution < 1.29 is 24.2 Å². The Balaban J connectivity index is 1.87. The van der Waals surface area contributed by atoms with Crippen molar-refractivity contribution in [1.29, 1.82) is 0 Å².